The first-order chi connectivity index (χ1) is 16.8. The standard InChI is InChI=1S/C27H34N2O6/c1-7-28(8-2)14-15-29-23(20-10-9-11-21(34-5)26(20)35-6)22(25(31)27(29)32)24(30)19-13-12-18(33-4)16-17(19)3/h9-13,16,23,30H,7-8,14-15H2,1-6H3/t23-/m0/s1. The molecular weight excluding hydrogens is 448 g/mol. The van der Waals surface area contributed by atoms with Crippen molar-refractivity contribution in [2.75, 3.05) is 47.5 Å². The van der Waals surface area contributed by atoms with Crippen LogP contribution in [0.25, 0.3) is 5.76 Å². The van der Waals surface area contributed by atoms with Gasteiger partial charge >= 0.3 is 0 Å². The average Bonchev–Trinajstić information content (AvgIpc) is 3.12. The predicted octanol–water partition coefficient (Wildman–Crippen LogP) is 3.78. The third kappa shape index (κ3) is 4.98. The molecule has 2 aromatic rings. The predicted molar refractivity (Wildman–Crippen MR) is 134 cm³/mol. The lowest BCUT2D eigenvalue weighted by molar-refractivity contribution is -0.140. The zero-order valence-electron chi connectivity index (χ0n) is 21.3. The van der Waals surface area contributed by atoms with Crippen LogP contribution in [-0.4, -0.2) is 74.1 Å². The van der Waals surface area contributed by atoms with Gasteiger partial charge in [-0.25, -0.2) is 0 Å². The minimum atomic E-state index is -0.836. The number of aryl methyl sites for hydroxylation is 1. The Morgan fingerprint density at radius 3 is 2.31 bits per heavy atom. The quantitative estimate of drug-likeness (QED) is 0.313. The molecule has 1 atom stereocenters. The highest BCUT2D eigenvalue weighted by atomic mass is 16.5. The highest BCUT2D eigenvalue weighted by Crippen LogP contribution is 2.45. The number of Topliss-reactive ketones (excluding diaryl/α,β-unsaturated/α-hetero) is 1. The molecule has 188 valence electrons. The smallest absolute Gasteiger partial charge is 0.295 e. The van der Waals surface area contributed by atoms with Crippen LogP contribution in [0, 0.1) is 6.92 Å². The molecule has 1 aliphatic heterocycles. The molecule has 0 unspecified atom stereocenters. The number of carbonyl (C=O) groups is 2. The SMILES string of the molecule is CCN(CC)CCN1C(=O)C(=O)C(=C(O)c2ccc(OC)cc2C)[C@@H]1c1cccc(OC)c1OC. The monoisotopic (exact) mass is 482 g/mol. The minimum absolute atomic E-state index is 0.0226. The Balaban J connectivity index is 2.23. The summed E-state index contributed by atoms with van der Waals surface area (Å²) in [5.41, 5.74) is 1.76. The molecule has 1 saturated heterocycles. The summed E-state index contributed by atoms with van der Waals surface area (Å²) in [7, 11) is 4.60. The molecule has 0 aliphatic carbocycles. The van der Waals surface area contributed by atoms with Crippen molar-refractivity contribution in [2.45, 2.75) is 26.8 Å². The zero-order valence-corrected chi connectivity index (χ0v) is 21.3. The van der Waals surface area contributed by atoms with Crippen LogP contribution in [0.5, 0.6) is 17.2 Å². The molecule has 1 fully saturated rings. The van der Waals surface area contributed by atoms with Crippen LogP contribution in [0.2, 0.25) is 0 Å². The summed E-state index contributed by atoms with van der Waals surface area (Å²) in [6.07, 6.45) is 0. The van der Waals surface area contributed by atoms with Gasteiger partial charge in [0, 0.05) is 24.2 Å². The van der Waals surface area contributed by atoms with Gasteiger partial charge in [0.2, 0.25) is 0 Å². The first-order valence-corrected chi connectivity index (χ1v) is 11.7. The summed E-state index contributed by atoms with van der Waals surface area (Å²) in [5.74, 6) is -0.104. The van der Waals surface area contributed by atoms with E-state index in [1.807, 2.05) is 20.8 Å². The number of benzene rings is 2. The van der Waals surface area contributed by atoms with Gasteiger partial charge in [-0.3, -0.25) is 9.59 Å². The number of hydrogen-bond acceptors (Lipinski definition) is 7. The largest absolute Gasteiger partial charge is 0.507 e. The van der Waals surface area contributed by atoms with E-state index < -0.39 is 17.7 Å². The van der Waals surface area contributed by atoms with Gasteiger partial charge in [-0.2, -0.15) is 0 Å². The maximum atomic E-state index is 13.4. The number of ether oxygens (including phenoxy) is 3. The summed E-state index contributed by atoms with van der Waals surface area (Å²) in [4.78, 5) is 30.3. The van der Waals surface area contributed by atoms with Crippen LogP contribution >= 0.6 is 0 Å². The van der Waals surface area contributed by atoms with Gasteiger partial charge in [0.05, 0.1) is 32.9 Å². The van der Waals surface area contributed by atoms with E-state index in [0.717, 1.165) is 13.1 Å². The molecule has 2 aromatic carbocycles. The van der Waals surface area contributed by atoms with Crippen molar-refractivity contribution >= 4 is 17.4 Å². The number of aliphatic hydroxyl groups excluding tert-OH is 1. The number of methoxy groups -OCH3 is 3. The Bertz CT molecular complexity index is 1120. The van der Waals surface area contributed by atoms with Crippen molar-refractivity contribution in [1.82, 2.24) is 9.80 Å². The molecule has 0 bridgehead atoms. The first kappa shape index (κ1) is 26.1. The Morgan fingerprint density at radius 1 is 1.03 bits per heavy atom. The van der Waals surface area contributed by atoms with Crippen LogP contribution in [0.3, 0.4) is 0 Å². The maximum Gasteiger partial charge on any atom is 0.295 e. The summed E-state index contributed by atoms with van der Waals surface area (Å²) in [6, 6.07) is 9.64. The summed E-state index contributed by atoms with van der Waals surface area (Å²) in [6.45, 7) is 8.45. The van der Waals surface area contributed by atoms with Gasteiger partial charge in [-0.05, 0) is 49.8 Å². The van der Waals surface area contributed by atoms with E-state index in [1.165, 1.54) is 19.1 Å². The summed E-state index contributed by atoms with van der Waals surface area (Å²) >= 11 is 0. The van der Waals surface area contributed by atoms with Gasteiger partial charge in [0.15, 0.2) is 11.5 Å². The number of likely N-dealkylation sites (tertiary alicyclic amines) is 1. The number of ketones is 1. The fraction of sp³-hybridized carbons (Fsp3) is 0.407. The van der Waals surface area contributed by atoms with E-state index in [1.54, 1.807) is 43.5 Å². The van der Waals surface area contributed by atoms with E-state index in [2.05, 4.69) is 4.90 Å². The van der Waals surface area contributed by atoms with Crippen molar-refractivity contribution in [3.05, 3.63) is 58.7 Å². The maximum absolute atomic E-state index is 13.4. The summed E-state index contributed by atoms with van der Waals surface area (Å²) in [5, 5.41) is 11.4. The van der Waals surface area contributed by atoms with E-state index in [-0.39, 0.29) is 11.3 Å². The normalized spacial score (nSPS) is 17.2. The Morgan fingerprint density at radius 2 is 1.74 bits per heavy atom. The van der Waals surface area contributed by atoms with Crippen LogP contribution < -0.4 is 14.2 Å². The van der Waals surface area contributed by atoms with E-state index >= 15 is 0 Å². The van der Waals surface area contributed by atoms with E-state index in [0.29, 0.717) is 47.0 Å². The molecule has 8 heteroatoms. The zero-order chi connectivity index (χ0) is 25.7. The molecule has 0 spiro atoms. The molecule has 0 saturated carbocycles. The van der Waals surface area contributed by atoms with Gasteiger partial charge in [-0.1, -0.05) is 26.0 Å². The van der Waals surface area contributed by atoms with Crippen molar-refractivity contribution < 1.29 is 28.9 Å². The van der Waals surface area contributed by atoms with Crippen molar-refractivity contribution in [1.29, 1.82) is 0 Å². The summed E-state index contributed by atoms with van der Waals surface area (Å²) < 4.78 is 16.4. The second-order valence-corrected chi connectivity index (χ2v) is 8.28. The third-order valence-corrected chi connectivity index (χ3v) is 6.51. The number of amides is 1. The number of carbonyl (C=O) groups excluding carboxylic acids is 2. The Hall–Kier alpha value is -3.52. The van der Waals surface area contributed by atoms with Crippen LogP contribution in [0.1, 0.15) is 36.6 Å². The number of nitrogens with zero attached hydrogens (tertiary/aromatic N) is 2. The molecule has 1 heterocycles. The van der Waals surface area contributed by atoms with Crippen molar-refractivity contribution in [2.24, 2.45) is 0 Å². The first-order valence-electron chi connectivity index (χ1n) is 11.7. The molecule has 8 nitrogen and oxygen atoms in total. The molecule has 1 amide bonds. The molecule has 0 aromatic heterocycles. The lowest BCUT2D eigenvalue weighted by atomic mass is 9.93. The third-order valence-electron chi connectivity index (χ3n) is 6.51. The number of aliphatic hydroxyl groups is 1. The fourth-order valence-corrected chi connectivity index (χ4v) is 4.52. The van der Waals surface area contributed by atoms with Gasteiger partial charge in [-0.15, -0.1) is 0 Å². The second kappa shape index (κ2) is 11.3. The number of para-hydroxylation sites is 1. The molecular formula is C27H34N2O6. The number of rotatable bonds is 10. The second-order valence-electron chi connectivity index (χ2n) is 8.28. The van der Waals surface area contributed by atoms with Gasteiger partial charge in [0.1, 0.15) is 11.5 Å². The van der Waals surface area contributed by atoms with Crippen molar-refractivity contribution in [3.8, 4) is 17.2 Å². The molecule has 3 rings (SSSR count). The fourth-order valence-electron chi connectivity index (χ4n) is 4.52. The van der Waals surface area contributed by atoms with E-state index in [4.69, 9.17) is 14.2 Å². The molecule has 1 N–H and O–H groups in total. The van der Waals surface area contributed by atoms with Crippen LogP contribution in [-0.2, 0) is 9.59 Å². The lowest BCUT2D eigenvalue weighted by Gasteiger charge is -2.29. The van der Waals surface area contributed by atoms with Gasteiger partial charge in [0.25, 0.3) is 11.7 Å². The molecule has 1 aliphatic rings. The highest BCUT2D eigenvalue weighted by molar-refractivity contribution is 6.46. The minimum Gasteiger partial charge on any atom is -0.507 e. The number of hydrogen-bond donors (Lipinski definition) is 1. The highest BCUT2D eigenvalue weighted by Gasteiger charge is 2.47. The lowest BCUT2D eigenvalue weighted by Crippen LogP contribution is -2.38. The van der Waals surface area contributed by atoms with Crippen molar-refractivity contribution in [3.63, 3.8) is 0 Å². The topological polar surface area (TPSA) is 88.5 Å². The van der Waals surface area contributed by atoms with Gasteiger partial charge < -0.3 is 29.1 Å². The molecule has 0 radical (unpaired) electrons. The molecule has 35 heavy (non-hydrogen) atoms. The Kier molecular flexibility index (Phi) is 8.40. The Labute approximate surface area is 206 Å². The van der Waals surface area contributed by atoms with E-state index in [9.17, 15) is 14.7 Å². The average molecular weight is 483 g/mol. The van der Waals surface area contributed by atoms with Crippen LogP contribution in [0.15, 0.2) is 42.0 Å². The number of likely N-dealkylation sites (N-methyl/N-ethyl adjacent to an activating group) is 1. The van der Waals surface area contributed by atoms with Crippen LogP contribution in [0.4, 0.5) is 0 Å².